The molecule has 0 fully saturated rings. The van der Waals surface area contributed by atoms with E-state index in [2.05, 4.69) is 10.3 Å². The fourth-order valence-corrected chi connectivity index (χ4v) is 0.654. The van der Waals surface area contributed by atoms with Crippen LogP contribution in [0.15, 0.2) is 16.8 Å². The van der Waals surface area contributed by atoms with Crippen LogP contribution in [0.25, 0.3) is 0 Å². The van der Waals surface area contributed by atoms with Crippen molar-refractivity contribution < 1.29 is 4.79 Å². The molecule has 0 aromatic carbocycles. The Morgan fingerprint density at radius 1 is 1.70 bits per heavy atom. The molecule has 5 N–H and O–H groups in total. The SMILES string of the molecule is NC=C1C(=O)NCN=C1N. The van der Waals surface area contributed by atoms with E-state index in [0.717, 1.165) is 6.20 Å². The first kappa shape index (κ1) is 6.60. The summed E-state index contributed by atoms with van der Waals surface area (Å²) in [6, 6.07) is 0. The van der Waals surface area contributed by atoms with Crippen molar-refractivity contribution in [2.45, 2.75) is 0 Å². The Morgan fingerprint density at radius 3 is 2.80 bits per heavy atom. The summed E-state index contributed by atoms with van der Waals surface area (Å²) in [7, 11) is 0. The van der Waals surface area contributed by atoms with Gasteiger partial charge >= 0.3 is 0 Å². The third kappa shape index (κ3) is 0.928. The lowest BCUT2D eigenvalue weighted by Gasteiger charge is -2.11. The summed E-state index contributed by atoms with van der Waals surface area (Å²) in [5.41, 5.74) is 10.7. The van der Waals surface area contributed by atoms with Gasteiger partial charge < -0.3 is 16.8 Å². The van der Waals surface area contributed by atoms with Crippen molar-refractivity contribution >= 4 is 11.7 Å². The second kappa shape index (κ2) is 2.38. The molecular weight excluding hydrogens is 132 g/mol. The van der Waals surface area contributed by atoms with Gasteiger partial charge in [0.15, 0.2) is 0 Å². The van der Waals surface area contributed by atoms with E-state index in [1.807, 2.05) is 0 Å². The molecule has 0 radical (unpaired) electrons. The van der Waals surface area contributed by atoms with Crippen molar-refractivity contribution in [3.05, 3.63) is 11.8 Å². The highest BCUT2D eigenvalue weighted by Gasteiger charge is 2.15. The molecule has 1 rings (SSSR count). The van der Waals surface area contributed by atoms with Crippen LogP contribution in [0.3, 0.4) is 0 Å². The maximum absolute atomic E-state index is 10.8. The molecule has 1 amide bonds. The maximum Gasteiger partial charge on any atom is 0.257 e. The van der Waals surface area contributed by atoms with Crippen LogP contribution in [-0.4, -0.2) is 18.4 Å². The number of nitrogens with zero attached hydrogens (tertiary/aromatic N) is 1. The third-order valence-electron chi connectivity index (χ3n) is 1.18. The minimum Gasteiger partial charge on any atom is -0.404 e. The summed E-state index contributed by atoms with van der Waals surface area (Å²) in [5.74, 6) is -0.0683. The monoisotopic (exact) mass is 140 g/mol. The largest absolute Gasteiger partial charge is 0.404 e. The molecule has 0 aliphatic carbocycles. The average molecular weight is 140 g/mol. The zero-order chi connectivity index (χ0) is 7.56. The number of nitrogens with one attached hydrogen (secondary N) is 1. The lowest BCUT2D eigenvalue weighted by Crippen LogP contribution is -2.37. The van der Waals surface area contributed by atoms with Gasteiger partial charge in [-0.3, -0.25) is 4.79 Å². The molecule has 0 bridgehead atoms. The van der Waals surface area contributed by atoms with E-state index in [1.165, 1.54) is 0 Å². The number of carbonyl (C=O) groups excluding carboxylic acids is 1. The summed E-state index contributed by atoms with van der Waals surface area (Å²) in [6.45, 7) is 0.238. The van der Waals surface area contributed by atoms with Crippen LogP contribution in [0.5, 0.6) is 0 Å². The molecule has 10 heavy (non-hydrogen) atoms. The molecule has 1 aliphatic heterocycles. The van der Waals surface area contributed by atoms with E-state index >= 15 is 0 Å². The Labute approximate surface area is 57.8 Å². The minimum absolute atomic E-state index is 0.200. The molecule has 0 aromatic heterocycles. The van der Waals surface area contributed by atoms with Crippen LogP contribution in [0.1, 0.15) is 0 Å². The highest BCUT2D eigenvalue weighted by atomic mass is 16.1. The summed E-state index contributed by atoms with van der Waals surface area (Å²) >= 11 is 0. The van der Waals surface area contributed by atoms with Gasteiger partial charge in [-0.1, -0.05) is 0 Å². The first-order valence-corrected chi connectivity index (χ1v) is 2.76. The van der Waals surface area contributed by atoms with Gasteiger partial charge in [-0.25, -0.2) is 4.99 Å². The van der Waals surface area contributed by atoms with Crippen molar-refractivity contribution in [2.24, 2.45) is 16.5 Å². The fraction of sp³-hybridized carbons (Fsp3) is 0.200. The van der Waals surface area contributed by atoms with E-state index in [1.54, 1.807) is 0 Å². The standard InChI is InChI=1S/C5H8N4O/c6-1-3-4(7)8-2-9-5(3)10/h1H,2,6H2,(H2,7,8)(H,9,10). The quantitative estimate of drug-likeness (QED) is 0.349. The number of amides is 1. The molecular formula is C5H8N4O. The van der Waals surface area contributed by atoms with Crippen LogP contribution in [0.4, 0.5) is 0 Å². The van der Waals surface area contributed by atoms with Crippen LogP contribution < -0.4 is 16.8 Å². The number of amidine groups is 1. The van der Waals surface area contributed by atoms with Crippen molar-refractivity contribution in [1.82, 2.24) is 5.32 Å². The Morgan fingerprint density at radius 2 is 2.40 bits per heavy atom. The Bertz CT molecular complexity index is 218. The zero-order valence-electron chi connectivity index (χ0n) is 5.29. The van der Waals surface area contributed by atoms with E-state index in [-0.39, 0.29) is 24.0 Å². The molecule has 54 valence electrons. The number of carbonyl (C=O) groups is 1. The smallest absolute Gasteiger partial charge is 0.257 e. The Balaban J connectivity index is 2.94. The van der Waals surface area contributed by atoms with E-state index in [4.69, 9.17) is 11.5 Å². The summed E-state index contributed by atoms with van der Waals surface area (Å²) in [4.78, 5) is 14.6. The van der Waals surface area contributed by atoms with E-state index in [0.29, 0.717) is 0 Å². The predicted octanol–water partition coefficient (Wildman–Crippen LogP) is -1.73. The van der Waals surface area contributed by atoms with Gasteiger partial charge in [-0.15, -0.1) is 0 Å². The maximum atomic E-state index is 10.8. The van der Waals surface area contributed by atoms with Crippen LogP contribution in [0.2, 0.25) is 0 Å². The zero-order valence-corrected chi connectivity index (χ0v) is 5.29. The highest BCUT2D eigenvalue weighted by molar-refractivity contribution is 6.21. The van der Waals surface area contributed by atoms with Gasteiger partial charge in [-0.2, -0.15) is 0 Å². The fourth-order valence-electron chi connectivity index (χ4n) is 0.654. The first-order valence-electron chi connectivity index (χ1n) is 2.76. The molecule has 5 nitrogen and oxygen atoms in total. The predicted molar refractivity (Wildman–Crippen MR) is 36.9 cm³/mol. The third-order valence-corrected chi connectivity index (χ3v) is 1.18. The van der Waals surface area contributed by atoms with Crippen molar-refractivity contribution in [1.29, 1.82) is 0 Å². The average Bonchev–Trinajstić information content (AvgIpc) is 1.88. The summed E-state index contributed by atoms with van der Waals surface area (Å²) < 4.78 is 0. The Hall–Kier alpha value is -1.52. The van der Waals surface area contributed by atoms with E-state index < -0.39 is 0 Å². The van der Waals surface area contributed by atoms with Crippen molar-refractivity contribution in [3.8, 4) is 0 Å². The highest BCUT2D eigenvalue weighted by Crippen LogP contribution is 1.96. The number of nitrogens with two attached hydrogens (primary N) is 2. The molecule has 0 aromatic rings. The molecule has 1 heterocycles. The Kier molecular flexibility index (Phi) is 1.57. The number of hydrogen-bond acceptors (Lipinski definition) is 4. The van der Waals surface area contributed by atoms with Gasteiger partial charge in [0.1, 0.15) is 12.5 Å². The molecule has 5 heteroatoms. The van der Waals surface area contributed by atoms with Crippen molar-refractivity contribution in [2.75, 3.05) is 6.67 Å². The molecule has 0 atom stereocenters. The van der Waals surface area contributed by atoms with Crippen LogP contribution in [-0.2, 0) is 4.79 Å². The normalized spacial score (nSPS) is 22.2. The summed E-state index contributed by atoms with van der Waals surface area (Å²) in [5, 5.41) is 2.46. The lowest BCUT2D eigenvalue weighted by atomic mass is 10.2. The minimum atomic E-state index is -0.269. The van der Waals surface area contributed by atoms with Crippen LogP contribution >= 0.6 is 0 Å². The first-order chi connectivity index (χ1) is 4.75. The topological polar surface area (TPSA) is 93.5 Å². The lowest BCUT2D eigenvalue weighted by molar-refractivity contribution is -0.117. The molecule has 0 unspecified atom stereocenters. The second-order valence-electron chi connectivity index (χ2n) is 1.79. The van der Waals surface area contributed by atoms with Gasteiger partial charge in [0.05, 0.1) is 5.57 Å². The van der Waals surface area contributed by atoms with E-state index in [9.17, 15) is 4.79 Å². The molecule has 1 aliphatic rings. The number of rotatable bonds is 0. The number of hydrogen-bond donors (Lipinski definition) is 3. The van der Waals surface area contributed by atoms with Gasteiger partial charge in [0, 0.05) is 6.20 Å². The molecule has 0 saturated carbocycles. The molecule has 0 saturated heterocycles. The number of aliphatic imine (C=N–C) groups is 1. The van der Waals surface area contributed by atoms with Gasteiger partial charge in [-0.05, 0) is 0 Å². The second-order valence-corrected chi connectivity index (χ2v) is 1.79. The van der Waals surface area contributed by atoms with Gasteiger partial charge in [0.25, 0.3) is 5.91 Å². The molecule has 0 spiro atoms. The summed E-state index contributed by atoms with van der Waals surface area (Å²) in [6.07, 6.45) is 1.15. The van der Waals surface area contributed by atoms with Crippen molar-refractivity contribution in [3.63, 3.8) is 0 Å². The van der Waals surface area contributed by atoms with Gasteiger partial charge in [0.2, 0.25) is 0 Å². The van der Waals surface area contributed by atoms with Crippen LogP contribution in [0, 0.1) is 0 Å².